The molecule has 0 bridgehead atoms. The van der Waals surface area contributed by atoms with Crippen molar-refractivity contribution in [3.8, 4) is 5.69 Å². The molecule has 0 radical (unpaired) electrons. The van der Waals surface area contributed by atoms with Crippen molar-refractivity contribution in [1.82, 2.24) is 14.0 Å². The summed E-state index contributed by atoms with van der Waals surface area (Å²) in [7, 11) is 2.19. The molecule has 1 aromatic carbocycles. The van der Waals surface area contributed by atoms with Crippen molar-refractivity contribution in [3.63, 3.8) is 0 Å². The summed E-state index contributed by atoms with van der Waals surface area (Å²) in [5.41, 5.74) is -5.33. The van der Waals surface area contributed by atoms with Gasteiger partial charge in [0.1, 0.15) is 24.7 Å². The fourth-order valence-corrected chi connectivity index (χ4v) is 4.14. The standard InChI is InChI=1S/C20H17ClF4N4O6S/c1-27-14(20(23,24)25)7-15(30)29(19(27)33)13-6-12(10(21)5-11(13)22)26-18-28(16(31)9-36-18)8-17(32)35-4-3-34-2/h5-7H,3-4,8-9H2,1-2H3/b26-18-. The average molecular weight is 553 g/mol. The topological polar surface area (TPSA) is 112 Å². The Hall–Kier alpha value is -3.17. The minimum Gasteiger partial charge on any atom is -0.462 e. The van der Waals surface area contributed by atoms with Crippen LogP contribution >= 0.6 is 23.4 Å². The van der Waals surface area contributed by atoms with Crippen LogP contribution in [0.2, 0.25) is 5.02 Å². The number of amidine groups is 1. The molecule has 0 saturated carbocycles. The van der Waals surface area contributed by atoms with Gasteiger partial charge < -0.3 is 9.47 Å². The first kappa shape index (κ1) is 27.4. The lowest BCUT2D eigenvalue weighted by molar-refractivity contribution is -0.147. The Balaban J connectivity index is 2.04. The molecular formula is C20H17ClF4N4O6S. The number of aromatic nitrogens is 2. The van der Waals surface area contributed by atoms with Crippen LogP contribution in [0.4, 0.5) is 23.2 Å². The van der Waals surface area contributed by atoms with E-state index in [-0.39, 0.29) is 50.0 Å². The Morgan fingerprint density at radius 1 is 1.19 bits per heavy atom. The molecule has 2 aromatic rings. The predicted molar refractivity (Wildman–Crippen MR) is 121 cm³/mol. The van der Waals surface area contributed by atoms with E-state index in [4.69, 9.17) is 21.1 Å². The minimum atomic E-state index is -5.00. The number of nitrogens with zero attached hydrogens (tertiary/aromatic N) is 4. The van der Waals surface area contributed by atoms with Crippen LogP contribution in [-0.2, 0) is 32.3 Å². The molecule has 0 spiro atoms. The molecule has 194 valence electrons. The highest BCUT2D eigenvalue weighted by Crippen LogP contribution is 2.32. The van der Waals surface area contributed by atoms with Gasteiger partial charge in [-0.1, -0.05) is 23.4 Å². The second kappa shape index (κ2) is 10.8. The van der Waals surface area contributed by atoms with Crippen molar-refractivity contribution >= 4 is 46.1 Å². The molecule has 1 aromatic heterocycles. The van der Waals surface area contributed by atoms with E-state index in [1.165, 1.54) is 7.11 Å². The van der Waals surface area contributed by atoms with Crippen molar-refractivity contribution in [2.45, 2.75) is 6.18 Å². The number of hydrogen-bond donors (Lipinski definition) is 0. The summed E-state index contributed by atoms with van der Waals surface area (Å²) in [6.07, 6.45) is -5.00. The smallest absolute Gasteiger partial charge is 0.431 e. The molecular weight excluding hydrogens is 536 g/mol. The minimum absolute atomic E-state index is 0.00387. The SMILES string of the molecule is COCCOC(=O)CN1C(=O)CS/C1=N\c1cc(-n2c(=O)cc(C(F)(F)F)n(C)c2=O)c(F)cc1Cl. The van der Waals surface area contributed by atoms with E-state index in [1.54, 1.807) is 0 Å². The van der Waals surface area contributed by atoms with Crippen LogP contribution in [-0.4, -0.2) is 63.7 Å². The average Bonchev–Trinajstić information content (AvgIpc) is 3.12. The molecule has 1 aliphatic rings. The Labute approximate surface area is 209 Å². The number of carbonyl (C=O) groups is 2. The van der Waals surface area contributed by atoms with Crippen LogP contribution in [0.15, 0.2) is 32.8 Å². The first-order chi connectivity index (χ1) is 16.8. The molecule has 1 aliphatic heterocycles. The number of esters is 1. The third-order valence-electron chi connectivity index (χ3n) is 4.78. The lowest BCUT2D eigenvalue weighted by atomic mass is 10.2. The zero-order valence-corrected chi connectivity index (χ0v) is 20.2. The van der Waals surface area contributed by atoms with E-state index < -0.39 is 53.0 Å². The van der Waals surface area contributed by atoms with Crippen LogP contribution < -0.4 is 11.2 Å². The zero-order chi connectivity index (χ0) is 26.8. The number of thioether (sulfide) groups is 1. The molecule has 0 N–H and O–H groups in total. The summed E-state index contributed by atoms with van der Waals surface area (Å²) in [6, 6.07) is 1.74. The van der Waals surface area contributed by atoms with E-state index in [1.807, 2.05) is 0 Å². The maximum Gasteiger partial charge on any atom is 0.431 e. The molecule has 1 fully saturated rings. The van der Waals surface area contributed by atoms with Crippen LogP contribution in [0.25, 0.3) is 5.69 Å². The van der Waals surface area contributed by atoms with Crippen molar-refractivity contribution in [3.05, 3.63) is 55.6 Å². The van der Waals surface area contributed by atoms with Gasteiger partial charge in [0, 0.05) is 20.2 Å². The number of carbonyl (C=O) groups excluding carboxylic acids is 2. The van der Waals surface area contributed by atoms with Crippen molar-refractivity contribution < 1.29 is 36.6 Å². The summed E-state index contributed by atoms with van der Waals surface area (Å²) < 4.78 is 64.1. The molecule has 1 saturated heterocycles. The number of rotatable bonds is 7. The van der Waals surface area contributed by atoms with Gasteiger partial charge >= 0.3 is 17.8 Å². The van der Waals surface area contributed by atoms with Gasteiger partial charge in [0.2, 0.25) is 5.91 Å². The number of ether oxygens (including phenoxy) is 2. The maximum atomic E-state index is 14.7. The zero-order valence-electron chi connectivity index (χ0n) is 18.6. The van der Waals surface area contributed by atoms with Crippen molar-refractivity contribution in [2.75, 3.05) is 32.6 Å². The number of aliphatic imine (C=N–C) groups is 1. The van der Waals surface area contributed by atoms with Crippen LogP contribution in [0, 0.1) is 5.82 Å². The third kappa shape index (κ3) is 5.79. The number of benzene rings is 1. The first-order valence-corrected chi connectivity index (χ1v) is 11.3. The van der Waals surface area contributed by atoms with Crippen molar-refractivity contribution in [1.29, 1.82) is 0 Å². The summed E-state index contributed by atoms with van der Waals surface area (Å²) in [5, 5.41) is -0.293. The highest BCUT2D eigenvalue weighted by Gasteiger charge is 2.35. The Morgan fingerprint density at radius 2 is 1.89 bits per heavy atom. The van der Waals surface area contributed by atoms with E-state index in [2.05, 4.69) is 4.99 Å². The van der Waals surface area contributed by atoms with Gasteiger partial charge in [0.05, 0.1) is 28.8 Å². The van der Waals surface area contributed by atoms with Crippen LogP contribution in [0.3, 0.4) is 0 Å². The highest BCUT2D eigenvalue weighted by atomic mass is 35.5. The second-order valence-corrected chi connectivity index (χ2v) is 8.52. The molecule has 10 nitrogen and oxygen atoms in total. The lowest BCUT2D eigenvalue weighted by Crippen LogP contribution is -2.41. The van der Waals surface area contributed by atoms with E-state index in [0.29, 0.717) is 6.07 Å². The molecule has 2 heterocycles. The van der Waals surface area contributed by atoms with Gasteiger partial charge in [-0.3, -0.25) is 23.9 Å². The van der Waals surface area contributed by atoms with E-state index in [9.17, 15) is 36.7 Å². The fraction of sp³-hybridized carbons (Fsp3) is 0.350. The summed E-state index contributed by atoms with van der Waals surface area (Å²) in [5.74, 6) is -2.49. The third-order valence-corrected chi connectivity index (χ3v) is 6.04. The molecule has 0 unspecified atom stereocenters. The largest absolute Gasteiger partial charge is 0.462 e. The van der Waals surface area contributed by atoms with Crippen LogP contribution in [0.1, 0.15) is 5.69 Å². The second-order valence-electron chi connectivity index (χ2n) is 7.17. The van der Waals surface area contributed by atoms with Crippen LogP contribution in [0.5, 0.6) is 0 Å². The molecule has 36 heavy (non-hydrogen) atoms. The van der Waals surface area contributed by atoms with E-state index >= 15 is 0 Å². The number of hydrogen-bond acceptors (Lipinski definition) is 8. The number of alkyl halides is 3. The number of methoxy groups -OCH3 is 1. The summed E-state index contributed by atoms with van der Waals surface area (Å²) in [4.78, 5) is 54.3. The summed E-state index contributed by atoms with van der Waals surface area (Å²) >= 11 is 6.99. The monoisotopic (exact) mass is 552 g/mol. The molecule has 16 heteroatoms. The quantitative estimate of drug-likeness (QED) is 0.294. The lowest BCUT2D eigenvalue weighted by Gasteiger charge is -2.16. The maximum absolute atomic E-state index is 14.7. The Bertz CT molecular complexity index is 1360. The Kier molecular flexibility index (Phi) is 8.26. The predicted octanol–water partition coefficient (Wildman–Crippen LogP) is 2.10. The number of halogens is 5. The molecule has 1 amide bonds. The summed E-state index contributed by atoms with van der Waals surface area (Å²) in [6.45, 7) is -0.383. The van der Waals surface area contributed by atoms with Gasteiger partial charge in [0.15, 0.2) is 5.17 Å². The van der Waals surface area contributed by atoms with Gasteiger partial charge in [-0.05, 0) is 12.1 Å². The Morgan fingerprint density at radius 3 is 2.53 bits per heavy atom. The van der Waals surface area contributed by atoms with E-state index in [0.717, 1.165) is 29.8 Å². The molecule has 0 aliphatic carbocycles. The molecule has 3 rings (SSSR count). The van der Waals surface area contributed by atoms with Gasteiger partial charge in [-0.25, -0.2) is 18.7 Å². The van der Waals surface area contributed by atoms with Gasteiger partial charge in [0.25, 0.3) is 5.56 Å². The van der Waals surface area contributed by atoms with Crippen molar-refractivity contribution in [2.24, 2.45) is 12.0 Å². The first-order valence-electron chi connectivity index (χ1n) is 9.91. The van der Waals surface area contributed by atoms with Gasteiger partial charge in [-0.2, -0.15) is 13.2 Å². The normalized spacial score (nSPS) is 15.1. The highest BCUT2D eigenvalue weighted by molar-refractivity contribution is 8.15. The molecule has 0 atom stereocenters. The van der Waals surface area contributed by atoms with Gasteiger partial charge in [-0.15, -0.1) is 0 Å². The fourth-order valence-electron chi connectivity index (χ4n) is 3.06. The number of amides is 1.